The molecule has 2 fully saturated rings. The van der Waals surface area contributed by atoms with Crippen molar-refractivity contribution < 1.29 is 14.6 Å². The minimum Gasteiger partial charge on any atom is -0.496 e. The number of benzene rings is 2. The summed E-state index contributed by atoms with van der Waals surface area (Å²) < 4.78 is 5.68. The Kier molecular flexibility index (Phi) is 8.21. The third kappa shape index (κ3) is 6.27. The second kappa shape index (κ2) is 11.9. The van der Waals surface area contributed by atoms with Crippen molar-refractivity contribution in [3.8, 4) is 5.75 Å². The van der Waals surface area contributed by atoms with E-state index in [1.807, 2.05) is 30.3 Å². The zero-order chi connectivity index (χ0) is 27.4. The molecule has 0 bridgehead atoms. The Morgan fingerprint density at radius 3 is 2.59 bits per heavy atom. The van der Waals surface area contributed by atoms with E-state index in [2.05, 4.69) is 46.7 Å². The van der Waals surface area contributed by atoms with Crippen LogP contribution in [0, 0.1) is 5.92 Å². The first kappa shape index (κ1) is 26.8. The van der Waals surface area contributed by atoms with Gasteiger partial charge in [0.15, 0.2) is 0 Å². The summed E-state index contributed by atoms with van der Waals surface area (Å²) >= 11 is 0. The summed E-state index contributed by atoms with van der Waals surface area (Å²) in [5, 5.41) is 17.3. The molecule has 2 saturated heterocycles. The van der Waals surface area contributed by atoms with Crippen LogP contribution in [0.25, 0.3) is 10.9 Å². The number of hydrogen-bond acceptors (Lipinski definition) is 8. The predicted molar refractivity (Wildman–Crippen MR) is 155 cm³/mol. The molecular formula is C29H39N7O3. The molecule has 3 aromatic rings. The number of aromatic nitrogens is 2. The quantitative estimate of drug-likeness (QED) is 0.373. The highest BCUT2D eigenvalue weighted by Gasteiger charge is 2.26. The highest BCUT2D eigenvalue weighted by Crippen LogP contribution is 2.31. The van der Waals surface area contributed by atoms with Crippen molar-refractivity contribution in [2.45, 2.75) is 31.8 Å². The lowest BCUT2D eigenvalue weighted by atomic mass is 10.0. The minimum atomic E-state index is -0.849. The maximum Gasteiger partial charge on any atom is 0.407 e. The van der Waals surface area contributed by atoms with Gasteiger partial charge in [0.05, 0.1) is 12.6 Å². The summed E-state index contributed by atoms with van der Waals surface area (Å²) in [4.78, 5) is 26.9. The molecule has 39 heavy (non-hydrogen) atoms. The smallest absolute Gasteiger partial charge is 0.407 e. The van der Waals surface area contributed by atoms with E-state index in [9.17, 15) is 9.90 Å². The van der Waals surface area contributed by atoms with Crippen molar-refractivity contribution in [1.82, 2.24) is 19.8 Å². The van der Waals surface area contributed by atoms with Crippen LogP contribution in [0.3, 0.4) is 0 Å². The number of carboxylic acid groups (broad SMARTS) is 1. The van der Waals surface area contributed by atoms with Crippen molar-refractivity contribution in [2.24, 2.45) is 5.92 Å². The third-order valence-electron chi connectivity index (χ3n) is 7.83. The number of anilines is 3. The molecule has 5 rings (SSSR count). The number of methoxy groups -OCH3 is 1. The Labute approximate surface area is 230 Å². The monoisotopic (exact) mass is 533 g/mol. The fraction of sp³-hybridized carbons (Fsp3) is 0.483. The van der Waals surface area contributed by atoms with Gasteiger partial charge in [-0.25, -0.2) is 9.78 Å². The van der Waals surface area contributed by atoms with Crippen molar-refractivity contribution in [1.29, 1.82) is 0 Å². The first-order valence-corrected chi connectivity index (χ1v) is 13.7. The normalized spacial score (nSPS) is 18.3. The summed E-state index contributed by atoms with van der Waals surface area (Å²) in [6.07, 6.45) is 2.03. The molecule has 2 aliphatic rings. The van der Waals surface area contributed by atoms with Gasteiger partial charge < -0.3 is 30.3 Å². The summed E-state index contributed by atoms with van der Waals surface area (Å²) in [5.74, 6) is 2.62. The molecule has 2 aromatic carbocycles. The lowest BCUT2D eigenvalue weighted by Gasteiger charge is -2.34. The van der Waals surface area contributed by atoms with Gasteiger partial charge in [0.25, 0.3) is 0 Å². The number of nitrogens with one attached hydrogen (secondary N) is 2. The Morgan fingerprint density at radius 2 is 1.87 bits per heavy atom. The largest absolute Gasteiger partial charge is 0.496 e. The molecule has 0 aliphatic carbocycles. The number of carbonyl (C=O) groups is 1. The molecule has 1 aromatic heterocycles. The summed E-state index contributed by atoms with van der Waals surface area (Å²) in [7, 11) is 5.88. The molecule has 1 unspecified atom stereocenters. The molecular weight excluding hydrogens is 494 g/mol. The van der Waals surface area contributed by atoms with Gasteiger partial charge in [-0.1, -0.05) is 18.2 Å². The van der Waals surface area contributed by atoms with Crippen molar-refractivity contribution >= 4 is 34.4 Å². The summed E-state index contributed by atoms with van der Waals surface area (Å²) in [6.45, 7) is 4.60. The van der Waals surface area contributed by atoms with Crippen LogP contribution in [0.5, 0.6) is 5.75 Å². The zero-order valence-electron chi connectivity index (χ0n) is 23.1. The van der Waals surface area contributed by atoms with Crippen LogP contribution in [-0.2, 0) is 6.54 Å². The third-order valence-corrected chi connectivity index (χ3v) is 7.83. The Bertz CT molecular complexity index is 1290. The van der Waals surface area contributed by atoms with E-state index in [1.54, 1.807) is 7.11 Å². The average molecular weight is 534 g/mol. The van der Waals surface area contributed by atoms with E-state index < -0.39 is 6.09 Å². The van der Waals surface area contributed by atoms with Gasteiger partial charge in [-0.2, -0.15) is 4.98 Å². The topological polar surface area (TPSA) is 106 Å². The van der Waals surface area contributed by atoms with Gasteiger partial charge in [-0.15, -0.1) is 0 Å². The maximum absolute atomic E-state index is 11.2. The molecule has 0 radical (unpaired) electrons. The lowest BCUT2D eigenvalue weighted by molar-refractivity contribution is 0.154. The Morgan fingerprint density at radius 1 is 1.08 bits per heavy atom. The number of piperidine rings is 1. The van der Waals surface area contributed by atoms with E-state index in [0.717, 1.165) is 61.4 Å². The molecule has 3 N–H and O–H groups in total. The van der Waals surface area contributed by atoms with Gasteiger partial charge in [0.1, 0.15) is 11.6 Å². The average Bonchev–Trinajstić information content (AvgIpc) is 3.42. The van der Waals surface area contributed by atoms with E-state index in [1.165, 1.54) is 16.2 Å². The molecule has 1 atom stereocenters. The number of para-hydroxylation sites is 1. The molecule has 208 valence electrons. The fourth-order valence-electron chi connectivity index (χ4n) is 5.65. The molecule has 10 nitrogen and oxygen atoms in total. The number of nitrogens with zero attached hydrogens (tertiary/aromatic N) is 5. The van der Waals surface area contributed by atoms with Gasteiger partial charge in [-0.3, -0.25) is 4.90 Å². The van der Waals surface area contributed by atoms with Crippen LogP contribution in [-0.4, -0.2) is 90.9 Å². The van der Waals surface area contributed by atoms with E-state index in [-0.39, 0.29) is 5.92 Å². The second-order valence-electron chi connectivity index (χ2n) is 10.7. The zero-order valence-corrected chi connectivity index (χ0v) is 23.1. The van der Waals surface area contributed by atoms with Gasteiger partial charge in [0.2, 0.25) is 5.95 Å². The van der Waals surface area contributed by atoms with Crippen LogP contribution < -0.4 is 20.3 Å². The number of hydrogen-bond donors (Lipinski definition) is 3. The van der Waals surface area contributed by atoms with Crippen LogP contribution in [0.15, 0.2) is 42.5 Å². The standard InChI is InChI=1S/C29H39N7O3/c1-34(2)25-9-6-10-26(39-3)23(25)19-35-14-12-21(13-15-35)31-27-22-7-4-5-8-24(22)32-28(33-27)30-17-20-11-16-36(18-20)29(37)38/h4-10,20-21H,11-19H2,1-3H3,(H,37,38)(H2,30,31,32,33). The van der Waals surface area contributed by atoms with Crippen molar-refractivity contribution in [3.63, 3.8) is 0 Å². The van der Waals surface area contributed by atoms with Gasteiger partial charge >= 0.3 is 6.09 Å². The number of ether oxygens (including phenoxy) is 1. The first-order valence-electron chi connectivity index (χ1n) is 13.7. The predicted octanol–water partition coefficient (Wildman–Crippen LogP) is 4.19. The van der Waals surface area contributed by atoms with Gasteiger partial charge in [-0.05, 0) is 49.4 Å². The Hall–Kier alpha value is -3.79. The molecule has 0 saturated carbocycles. The number of rotatable bonds is 9. The molecule has 2 aliphatic heterocycles. The highest BCUT2D eigenvalue weighted by molar-refractivity contribution is 5.90. The van der Waals surface area contributed by atoms with Crippen LogP contribution in [0.2, 0.25) is 0 Å². The number of likely N-dealkylation sites (tertiary alicyclic amines) is 2. The van der Waals surface area contributed by atoms with E-state index in [0.29, 0.717) is 31.6 Å². The van der Waals surface area contributed by atoms with Crippen LogP contribution in [0.4, 0.5) is 22.2 Å². The summed E-state index contributed by atoms with van der Waals surface area (Å²) in [5.41, 5.74) is 3.30. The van der Waals surface area contributed by atoms with Crippen LogP contribution in [0.1, 0.15) is 24.8 Å². The van der Waals surface area contributed by atoms with Crippen molar-refractivity contribution in [3.05, 3.63) is 48.0 Å². The maximum atomic E-state index is 11.2. The second-order valence-corrected chi connectivity index (χ2v) is 10.7. The molecule has 3 heterocycles. The molecule has 10 heteroatoms. The highest BCUT2D eigenvalue weighted by atomic mass is 16.5. The lowest BCUT2D eigenvalue weighted by Crippen LogP contribution is -2.39. The van der Waals surface area contributed by atoms with Crippen molar-refractivity contribution in [2.75, 3.05) is 69.5 Å². The Balaban J connectivity index is 1.23. The number of fused-ring (bicyclic) bond motifs is 1. The van der Waals surface area contributed by atoms with Crippen LogP contribution >= 0.6 is 0 Å². The van der Waals surface area contributed by atoms with E-state index in [4.69, 9.17) is 14.7 Å². The molecule has 0 spiro atoms. The van der Waals surface area contributed by atoms with Gasteiger partial charge in [0, 0.05) is 76.0 Å². The minimum absolute atomic E-state index is 0.258. The summed E-state index contributed by atoms with van der Waals surface area (Å²) in [6, 6.07) is 14.6. The first-order chi connectivity index (χ1) is 18.9. The fourth-order valence-corrected chi connectivity index (χ4v) is 5.65. The molecule has 1 amide bonds. The number of amides is 1. The SMILES string of the molecule is COc1cccc(N(C)C)c1CN1CCC(Nc2nc(NCC3CCN(C(=O)O)C3)nc3ccccc23)CC1. The van der Waals surface area contributed by atoms with E-state index >= 15 is 0 Å².